The number of carbonyl (C=O) groups excluding carboxylic acids is 1. The number of carbonyl (C=O) groups is 1. The topological polar surface area (TPSA) is 192 Å². The molecule has 5 N–H and O–H groups in total. The lowest BCUT2D eigenvalue weighted by molar-refractivity contribution is -0.321. The Labute approximate surface area is 398 Å². The number of aliphatic hydroxyl groups excluding tert-OH is 4. The van der Waals surface area contributed by atoms with Crippen molar-refractivity contribution in [2.24, 2.45) is 17.8 Å². The SMILES string of the molecule is C=C(COC(=O)[C@](C)(O)C[C@@H]1CC[C@@H](O)[C@@]2(C=C(C)C[C@@H]([C@H](C)/C=C/[C@H]3CC[C@@]4(CC[C@H]5O[C@H]([C@@H](O)C[C@H](C)[C@H]6O[C@@]7(CCCCO7)CC[C@H]6C)C(=C)[C@@H](O)[C@@H]5O4)O3)O2)O1)C/C(C)=C/CCO. The van der Waals surface area contributed by atoms with E-state index in [-0.39, 0.29) is 49.8 Å². The van der Waals surface area contributed by atoms with E-state index in [0.717, 1.165) is 56.3 Å². The highest BCUT2D eigenvalue weighted by Gasteiger charge is 2.55. The van der Waals surface area contributed by atoms with Crippen LogP contribution in [0.1, 0.15) is 144 Å². The smallest absolute Gasteiger partial charge is 0.338 e. The van der Waals surface area contributed by atoms with Gasteiger partial charge < -0.3 is 63.4 Å². The molecule has 0 aromatic rings. The molecule has 67 heavy (non-hydrogen) atoms. The summed E-state index contributed by atoms with van der Waals surface area (Å²) in [5.74, 6) is -3.33. The number of rotatable bonds is 16. The zero-order valence-corrected chi connectivity index (χ0v) is 41.1. The lowest BCUT2D eigenvalue weighted by atomic mass is 9.79. The van der Waals surface area contributed by atoms with Crippen molar-refractivity contribution in [1.29, 1.82) is 0 Å². The van der Waals surface area contributed by atoms with Gasteiger partial charge in [-0.3, -0.25) is 0 Å². The molecule has 7 heterocycles. The molecule has 14 heteroatoms. The van der Waals surface area contributed by atoms with Crippen molar-refractivity contribution in [3.8, 4) is 0 Å². The second-order valence-electron chi connectivity index (χ2n) is 21.6. The summed E-state index contributed by atoms with van der Waals surface area (Å²) >= 11 is 0. The molecule has 0 bridgehead atoms. The standard InChI is InChI=1S/C53H82O14/c1-32(12-11-24-54)26-34(3)31-60-49(58)50(8,59)30-40-15-16-44(56)53(64-40)29-33(2)27-43(65-53)35(4)13-14-39-18-22-52(63-39)23-19-42-48(67-52)45(57)38(7)47(62-42)41(55)28-37(6)46-36(5)17-21-51(66-46)20-9-10-25-61-51/h12-14,29,35-37,39-48,54-57,59H,3,7,9-11,15-28,30-31H2,1-2,4-6,8H3/b14-13+,32-12+/t35-,36-,37+,39+,40+,41+,42-,43+,44-,45-,46+,47+,48-,50-,51+,52-,53+/m1/s1. The van der Waals surface area contributed by atoms with Crippen LogP contribution < -0.4 is 0 Å². The van der Waals surface area contributed by atoms with Crippen molar-refractivity contribution >= 4 is 5.97 Å². The highest BCUT2D eigenvalue weighted by atomic mass is 16.7. The lowest BCUT2D eigenvalue weighted by Gasteiger charge is -2.50. The number of hydrogen-bond donors (Lipinski definition) is 5. The maximum Gasteiger partial charge on any atom is 0.338 e. The van der Waals surface area contributed by atoms with Crippen LogP contribution in [0, 0.1) is 17.8 Å². The predicted molar refractivity (Wildman–Crippen MR) is 250 cm³/mol. The molecule has 3 spiro atoms. The molecule has 0 aliphatic carbocycles. The fourth-order valence-electron chi connectivity index (χ4n) is 11.7. The van der Waals surface area contributed by atoms with E-state index in [0.29, 0.717) is 74.9 Å². The van der Waals surface area contributed by atoms with E-state index in [1.807, 2.05) is 32.1 Å². The molecule has 0 radical (unpaired) electrons. The van der Waals surface area contributed by atoms with E-state index >= 15 is 0 Å². The Morgan fingerprint density at radius 3 is 2.52 bits per heavy atom. The number of esters is 1. The highest BCUT2D eigenvalue weighted by molar-refractivity contribution is 5.78. The van der Waals surface area contributed by atoms with Crippen molar-refractivity contribution in [1.82, 2.24) is 0 Å². The van der Waals surface area contributed by atoms with Gasteiger partial charge in [-0.2, -0.15) is 0 Å². The van der Waals surface area contributed by atoms with E-state index in [4.69, 9.17) is 43.0 Å². The lowest BCUT2D eigenvalue weighted by Crippen LogP contribution is -2.60. The predicted octanol–water partition coefficient (Wildman–Crippen LogP) is 6.95. The van der Waals surface area contributed by atoms with Crippen molar-refractivity contribution in [2.75, 3.05) is 19.8 Å². The molecule has 6 fully saturated rings. The van der Waals surface area contributed by atoms with Crippen LogP contribution in [0.25, 0.3) is 0 Å². The summed E-state index contributed by atoms with van der Waals surface area (Å²) in [4.78, 5) is 13.1. The van der Waals surface area contributed by atoms with Crippen molar-refractivity contribution in [3.63, 3.8) is 0 Å². The Morgan fingerprint density at radius 2 is 1.78 bits per heavy atom. The van der Waals surface area contributed by atoms with Gasteiger partial charge in [-0.25, -0.2) is 4.79 Å². The van der Waals surface area contributed by atoms with Gasteiger partial charge in [0.25, 0.3) is 0 Å². The molecule has 6 saturated heterocycles. The number of aliphatic hydroxyl groups is 5. The van der Waals surface area contributed by atoms with Gasteiger partial charge in [0.2, 0.25) is 5.79 Å². The first kappa shape index (κ1) is 52.5. The number of hydrogen-bond acceptors (Lipinski definition) is 14. The summed E-state index contributed by atoms with van der Waals surface area (Å²) in [7, 11) is 0. The molecule has 0 aromatic carbocycles. The first-order valence-electron chi connectivity index (χ1n) is 25.4. The molecule has 17 atom stereocenters. The second kappa shape index (κ2) is 22.0. The minimum absolute atomic E-state index is 0.0407. The van der Waals surface area contributed by atoms with E-state index in [9.17, 15) is 25.2 Å². The third-order valence-electron chi connectivity index (χ3n) is 15.5. The summed E-state index contributed by atoms with van der Waals surface area (Å²) in [6, 6.07) is 0. The average Bonchev–Trinajstić information content (AvgIpc) is 3.68. The third-order valence-corrected chi connectivity index (χ3v) is 15.5. The van der Waals surface area contributed by atoms with E-state index in [1.54, 1.807) is 0 Å². The van der Waals surface area contributed by atoms with Gasteiger partial charge in [0, 0.05) is 44.6 Å². The quantitative estimate of drug-likeness (QED) is 0.0789. The summed E-state index contributed by atoms with van der Waals surface area (Å²) in [6.07, 6.45) is 12.4. The number of allylic oxidation sites excluding steroid dienone is 1. The second-order valence-corrected chi connectivity index (χ2v) is 21.6. The Hall–Kier alpha value is -2.31. The maximum atomic E-state index is 13.1. The molecule has 7 rings (SSSR count). The minimum atomic E-state index is -1.85. The van der Waals surface area contributed by atoms with Gasteiger partial charge >= 0.3 is 5.97 Å². The van der Waals surface area contributed by atoms with E-state index in [2.05, 4.69) is 40.0 Å². The fourth-order valence-corrected chi connectivity index (χ4v) is 11.7. The van der Waals surface area contributed by atoms with Crippen LogP contribution >= 0.6 is 0 Å². The van der Waals surface area contributed by atoms with Crippen molar-refractivity contribution in [2.45, 2.75) is 228 Å². The summed E-state index contributed by atoms with van der Waals surface area (Å²) in [5.41, 5.74) is 1.25. The normalized spacial score (nSPS) is 40.6. The van der Waals surface area contributed by atoms with Gasteiger partial charge in [-0.1, -0.05) is 63.3 Å². The summed E-state index contributed by atoms with van der Waals surface area (Å²) in [6.45, 7) is 20.7. The highest BCUT2D eigenvalue weighted by Crippen LogP contribution is 2.47. The molecule has 7 aliphatic heterocycles. The fraction of sp³-hybridized carbons (Fsp3) is 0.792. The third kappa shape index (κ3) is 12.4. The first-order valence-corrected chi connectivity index (χ1v) is 25.4. The maximum absolute atomic E-state index is 13.1. The van der Waals surface area contributed by atoms with Crippen molar-refractivity contribution in [3.05, 3.63) is 59.8 Å². The van der Waals surface area contributed by atoms with Gasteiger partial charge in [0.05, 0.1) is 43.2 Å². The Kier molecular flexibility index (Phi) is 17.2. The van der Waals surface area contributed by atoms with Crippen LogP contribution in [0.2, 0.25) is 0 Å². The van der Waals surface area contributed by atoms with Crippen LogP contribution in [0.4, 0.5) is 0 Å². The molecule has 14 nitrogen and oxygen atoms in total. The first-order chi connectivity index (χ1) is 31.8. The van der Waals surface area contributed by atoms with Crippen LogP contribution in [-0.2, 0) is 42.7 Å². The monoisotopic (exact) mass is 943 g/mol. The number of fused-ring (bicyclic) bond motifs is 1. The van der Waals surface area contributed by atoms with Crippen LogP contribution in [0.3, 0.4) is 0 Å². The summed E-state index contributed by atoms with van der Waals surface area (Å²) in [5, 5.41) is 54.9. The molecule has 0 saturated carbocycles. The number of ether oxygens (including phenoxy) is 8. The van der Waals surface area contributed by atoms with Gasteiger partial charge in [0.1, 0.15) is 31.0 Å². The van der Waals surface area contributed by atoms with Gasteiger partial charge in [-0.05, 0) is 120 Å². The van der Waals surface area contributed by atoms with Gasteiger partial charge in [0.15, 0.2) is 17.2 Å². The molecule has 0 amide bonds. The van der Waals surface area contributed by atoms with Gasteiger partial charge in [-0.15, -0.1) is 0 Å². The van der Waals surface area contributed by atoms with E-state index in [1.165, 1.54) is 6.92 Å². The average molecular weight is 943 g/mol. The molecular formula is C53H82O14. The largest absolute Gasteiger partial charge is 0.459 e. The molecule has 378 valence electrons. The zero-order valence-electron chi connectivity index (χ0n) is 41.1. The molecule has 7 aliphatic rings. The Balaban J connectivity index is 0.892. The van der Waals surface area contributed by atoms with Crippen LogP contribution in [0.15, 0.2) is 59.8 Å². The molecule has 0 aromatic heterocycles. The summed E-state index contributed by atoms with van der Waals surface area (Å²) < 4.78 is 51.2. The minimum Gasteiger partial charge on any atom is -0.459 e. The Morgan fingerprint density at radius 1 is 1.01 bits per heavy atom. The van der Waals surface area contributed by atoms with Crippen molar-refractivity contribution < 1.29 is 68.2 Å². The zero-order chi connectivity index (χ0) is 48.3. The van der Waals surface area contributed by atoms with E-state index < -0.39 is 71.7 Å². The Bertz CT molecular complexity index is 1820. The van der Waals surface area contributed by atoms with Crippen LogP contribution in [-0.4, -0.2) is 135 Å². The molecular weight excluding hydrogens is 861 g/mol. The van der Waals surface area contributed by atoms with Crippen LogP contribution in [0.5, 0.6) is 0 Å². The molecule has 0 unspecified atom stereocenters.